The van der Waals surface area contributed by atoms with Crippen LogP contribution >= 0.6 is 0 Å². The average Bonchev–Trinajstić information content (AvgIpc) is 2.82. The molecule has 5 nitrogen and oxygen atoms in total. The van der Waals surface area contributed by atoms with Crippen LogP contribution in [0, 0.1) is 49.2 Å². The van der Waals surface area contributed by atoms with Crippen LogP contribution in [0.15, 0.2) is 11.6 Å². The van der Waals surface area contributed by atoms with Gasteiger partial charge in [0.1, 0.15) is 0 Å². The Hall–Kier alpha value is -1.20. The van der Waals surface area contributed by atoms with Crippen molar-refractivity contribution in [3.05, 3.63) is 11.6 Å². The highest BCUT2D eigenvalue weighted by Crippen LogP contribution is 2.79. The van der Waals surface area contributed by atoms with Gasteiger partial charge in [-0.25, -0.2) is 0 Å². The number of carbonyl (C=O) groups excluding carboxylic acids is 1. The number of aliphatic carboxylic acids is 1. The van der Waals surface area contributed by atoms with E-state index >= 15 is 0 Å². The highest BCUT2D eigenvalue weighted by atomic mass is 16.4. The minimum Gasteiger partial charge on any atom is -0.481 e. The van der Waals surface area contributed by atoms with Gasteiger partial charge >= 0.3 is 5.97 Å². The molecule has 0 heterocycles. The summed E-state index contributed by atoms with van der Waals surface area (Å²) in [6, 6.07) is 0. The highest BCUT2D eigenvalue weighted by molar-refractivity contribution is 5.96. The van der Waals surface area contributed by atoms with E-state index in [-0.39, 0.29) is 50.8 Å². The van der Waals surface area contributed by atoms with Crippen molar-refractivity contribution in [1.29, 1.82) is 0 Å². The molecule has 5 aliphatic rings. The SMILES string of the molecule is C[C@@]1(C(=O)O)CC[C@]2(C)CC[C@]3(C)C(=CC(=O)[C@@H]4[C@@]5(C)CC[C@H](O)[C@](C)(CO)[C@]5(C)CC[C@]43C)[C@]2(C)C1. The summed E-state index contributed by atoms with van der Waals surface area (Å²) in [5.74, 6) is -0.721. The van der Waals surface area contributed by atoms with Gasteiger partial charge in [0, 0.05) is 11.3 Å². The van der Waals surface area contributed by atoms with E-state index in [4.69, 9.17) is 0 Å². The molecule has 5 rings (SSSR count). The van der Waals surface area contributed by atoms with Gasteiger partial charge in [-0.15, -0.1) is 0 Å². The van der Waals surface area contributed by atoms with Gasteiger partial charge in [-0.1, -0.05) is 54.0 Å². The van der Waals surface area contributed by atoms with Crippen LogP contribution in [0.1, 0.15) is 113 Å². The number of allylic oxidation sites excluding steroid dienone is 2. The van der Waals surface area contributed by atoms with Crippen molar-refractivity contribution >= 4 is 11.8 Å². The molecule has 10 atom stereocenters. The third-order valence-electron chi connectivity index (χ3n) is 15.0. The number of aliphatic hydroxyl groups is 2. The predicted octanol–water partition coefficient (Wildman–Crippen LogP) is 6.17. The lowest BCUT2D eigenvalue weighted by Crippen LogP contribution is -2.71. The Labute approximate surface area is 223 Å². The lowest BCUT2D eigenvalue weighted by atomic mass is 9.29. The van der Waals surface area contributed by atoms with E-state index in [0.717, 1.165) is 38.5 Å². The van der Waals surface area contributed by atoms with E-state index in [2.05, 4.69) is 41.5 Å². The number of hydrogen-bond acceptors (Lipinski definition) is 4. The number of hydrogen-bond donors (Lipinski definition) is 3. The number of ketones is 1. The van der Waals surface area contributed by atoms with E-state index in [9.17, 15) is 24.9 Å². The molecular weight excluding hydrogens is 464 g/mol. The van der Waals surface area contributed by atoms with Gasteiger partial charge in [0.25, 0.3) is 0 Å². The smallest absolute Gasteiger partial charge is 0.309 e. The van der Waals surface area contributed by atoms with Gasteiger partial charge in [-0.05, 0) is 103 Å². The molecule has 0 spiro atoms. The fourth-order valence-corrected chi connectivity index (χ4v) is 11.3. The third-order valence-corrected chi connectivity index (χ3v) is 15.0. The average molecular weight is 515 g/mol. The van der Waals surface area contributed by atoms with Crippen LogP contribution in [0.5, 0.6) is 0 Å². The first-order valence-electron chi connectivity index (χ1n) is 14.6. The van der Waals surface area contributed by atoms with Crippen molar-refractivity contribution in [1.82, 2.24) is 0 Å². The van der Waals surface area contributed by atoms with Crippen molar-refractivity contribution < 1.29 is 24.9 Å². The Morgan fingerprint density at radius 1 is 0.865 bits per heavy atom. The highest BCUT2D eigenvalue weighted by Gasteiger charge is 2.75. The number of aliphatic hydroxyl groups excluding tert-OH is 2. The summed E-state index contributed by atoms with van der Waals surface area (Å²) in [4.78, 5) is 26.9. The summed E-state index contributed by atoms with van der Waals surface area (Å²) in [6.45, 7) is 17.7. The minimum atomic E-state index is -0.784. The maximum Gasteiger partial charge on any atom is 0.309 e. The fraction of sp³-hybridized carbons (Fsp3) is 0.875. The molecule has 3 N–H and O–H groups in total. The second-order valence-electron chi connectivity index (χ2n) is 16.0. The van der Waals surface area contributed by atoms with Crippen LogP contribution < -0.4 is 0 Å². The largest absolute Gasteiger partial charge is 0.481 e. The van der Waals surface area contributed by atoms with Crippen LogP contribution in [-0.2, 0) is 9.59 Å². The fourth-order valence-electron chi connectivity index (χ4n) is 11.3. The third kappa shape index (κ3) is 2.84. The van der Waals surface area contributed by atoms with Crippen LogP contribution in [0.4, 0.5) is 0 Å². The molecular formula is C32H50O5. The van der Waals surface area contributed by atoms with Gasteiger partial charge in [0.2, 0.25) is 0 Å². The monoisotopic (exact) mass is 514 g/mol. The summed E-state index contributed by atoms with van der Waals surface area (Å²) in [5.41, 5.74) is -1.78. The van der Waals surface area contributed by atoms with Crippen molar-refractivity contribution in [2.24, 2.45) is 49.2 Å². The normalized spacial score (nSPS) is 57.4. The van der Waals surface area contributed by atoms with E-state index in [0.29, 0.717) is 19.3 Å². The maximum absolute atomic E-state index is 14.5. The van der Waals surface area contributed by atoms with Gasteiger partial charge < -0.3 is 15.3 Å². The quantitative estimate of drug-likeness (QED) is 0.410. The molecule has 0 aliphatic heterocycles. The van der Waals surface area contributed by atoms with E-state index < -0.39 is 22.9 Å². The van der Waals surface area contributed by atoms with Crippen molar-refractivity contribution in [3.8, 4) is 0 Å². The maximum atomic E-state index is 14.5. The Balaban J connectivity index is 1.69. The summed E-state index contributed by atoms with van der Waals surface area (Å²) >= 11 is 0. The molecule has 0 amide bonds. The lowest BCUT2D eigenvalue weighted by Gasteiger charge is -2.75. The molecule has 0 bridgehead atoms. The molecule has 0 unspecified atom stereocenters. The van der Waals surface area contributed by atoms with Crippen molar-refractivity contribution in [2.45, 2.75) is 119 Å². The van der Waals surface area contributed by atoms with Gasteiger partial charge in [0.15, 0.2) is 5.78 Å². The Bertz CT molecular complexity index is 1080. The second kappa shape index (κ2) is 7.50. The zero-order valence-corrected chi connectivity index (χ0v) is 24.5. The van der Waals surface area contributed by atoms with Gasteiger partial charge in [-0.3, -0.25) is 9.59 Å². The summed E-state index contributed by atoms with van der Waals surface area (Å²) < 4.78 is 0. The molecule has 0 aromatic heterocycles. The summed E-state index contributed by atoms with van der Waals surface area (Å²) in [7, 11) is 0. The topological polar surface area (TPSA) is 94.8 Å². The molecule has 0 aromatic carbocycles. The zero-order valence-electron chi connectivity index (χ0n) is 24.5. The number of rotatable bonds is 2. The van der Waals surface area contributed by atoms with Crippen LogP contribution in [0.25, 0.3) is 0 Å². The molecule has 0 aromatic rings. The second-order valence-corrected chi connectivity index (χ2v) is 16.0. The molecule has 37 heavy (non-hydrogen) atoms. The number of carbonyl (C=O) groups is 2. The molecule has 4 fully saturated rings. The molecule has 0 saturated heterocycles. The van der Waals surface area contributed by atoms with Crippen LogP contribution in [0.2, 0.25) is 0 Å². The summed E-state index contributed by atoms with van der Waals surface area (Å²) in [5, 5.41) is 31.9. The van der Waals surface area contributed by atoms with Gasteiger partial charge in [0.05, 0.1) is 18.1 Å². The zero-order chi connectivity index (χ0) is 27.7. The van der Waals surface area contributed by atoms with E-state index in [1.165, 1.54) is 5.57 Å². The van der Waals surface area contributed by atoms with E-state index in [1.807, 2.05) is 19.9 Å². The van der Waals surface area contributed by atoms with Crippen molar-refractivity contribution in [3.63, 3.8) is 0 Å². The summed E-state index contributed by atoms with van der Waals surface area (Å²) in [6.07, 6.45) is 8.70. The Morgan fingerprint density at radius 3 is 2.08 bits per heavy atom. The van der Waals surface area contributed by atoms with Crippen molar-refractivity contribution in [2.75, 3.05) is 6.61 Å². The molecule has 5 heteroatoms. The number of fused-ring (bicyclic) bond motifs is 7. The Kier molecular flexibility index (Phi) is 5.55. The van der Waals surface area contributed by atoms with Gasteiger partial charge in [-0.2, -0.15) is 0 Å². The number of carboxylic acid groups (broad SMARTS) is 1. The standard InChI is InChI=1S/C32H50O5/c1-25(24(36)37)11-12-26(2)13-14-27(3)21(30(26,6)18-25)17-20(34)23-28(27,4)15-16-32(8)29(23,5)10-9-22(35)31(32,7)19-33/h17,22-23,33,35H,9-16,18-19H2,1-8H3,(H,36,37)/t22-,23-,25+,26+,27+,28+,29+,30-,31-,32+/m0/s1. The first kappa shape index (κ1) is 27.4. The first-order valence-corrected chi connectivity index (χ1v) is 14.6. The van der Waals surface area contributed by atoms with Crippen LogP contribution in [0.3, 0.4) is 0 Å². The minimum absolute atomic E-state index is 0.0196. The molecule has 0 radical (unpaired) electrons. The predicted molar refractivity (Wildman–Crippen MR) is 144 cm³/mol. The lowest BCUT2D eigenvalue weighted by molar-refractivity contribution is -0.258. The number of carboxylic acids is 1. The Morgan fingerprint density at radius 2 is 1.49 bits per heavy atom. The van der Waals surface area contributed by atoms with E-state index in [1.54, 1.807) is 0 Å². The van der Waals surface area contributed by atoms with Crippen LogP contribution in [-0.4, -0.2) is 39.8 Å². The first-order chi connectivity index (χ1) is 16.8. The molecule has 5 aliphatic carbocycles. The molecule has 4 saturated carbocycles. The molecule has 208 valence electrons.